The highest BCUT2D eigenvalue weighted by Gasteiger charge is 2.64. The normalized spacial score (nSPS) is 32.8. The second-order valence-corrected chi connectivity index (χ2v) is 23.8. The Morgan fingerprint density at radius 1 is 0.667 bits per heavy atom. The summed E-state index contributed by atoms with van der Waals surface area (Å²) in [5, 5.41) is 6.06. The van der Waals surface area contributed by atoms with Crippen LogP contribution in [0.15, 0.2) is 121 Å². The van der Waals surface area contributed by atoms with E-state index in [0.717, 1.165) is 111 Å². The molecule has 7 atom stereocenters. The Kier molecular flexibility index (Phi) is 7.64. The summed E-state index contributed by atoms with van der Waals surface area (Å²) in [4.78, 5) is 27.9. The summed E-state index contributed by atoms with van der Waals surface area (Å²) >= 11 is 0. The highest BCUT2D eigenvalue weighted by atomic mass is 28.4. The zero-order valence-electron chi connectivity index (χ0n) is 36.6. The van der Waals surface area contributed by atoms with Crippen molar-refractivity contribution in [1.29, 1.82) is 0 Å². The number of nitrogens with zero attached hydrogens (tertiary/aromatic N) is 7. The highest BCUT2D eigenvalue weighted by Crippen LogP contribution is 2.63. The number of hydrogen-bond donors (Lipinski definition) is 1. The van der Waals surface area contributed by atoms with E-state index in [1.807, 2.05) is 0 Å². The van der Waals surface area contributed by atoms with Gasteiger partial charge in [0.1, 0.15) is 29.5 Å². The van der Waals surface area contributed by atoms with Crippen LogP contribution in [0.25, 0.3) is 10.8 Å². The van der Waals surface area contributed by atoms with E-state index < -0.39 is 15.0 Å². The van der Waals surface area contributed by atoms with Gasteiger partial charge in [0.2, 0.25) is 0 Å². The largest absolute Gasteiger partial charge is 0.599 e. The number of hydrogen-bond acceptors (Lipinski definition) is 9. The number of rotatable bonds is 6. The third-order valence-electron chi connectivity index (χ3n) is 17.8. The molecule has 1 aromatic heterocycles. The molecule has 6 fully saturated rings. The standard InChI is InChI=1S/C52H54N8O2Si/c1-51(2)31-23-21-29(41(51)25-31)27-61-63(62-28-30-22-24-32-26-42(30)52(32,3)4)59-47-37-17-9-10-18-38(37)49(59)57-45-35-15-7-8-16-36(35)46(54-45)58-50-40-20-12-11-19-39(40)48(60(50)63)56-44-34-14-6-5-13-33(34)43(53-44)55-47/h5-7,9-15,17-20,29-32,41-42,47H,8,16,21-28H2,1-4H3,(H,53,55,56). The van der Waals surface area contributed by atoms with Crippen molar-refractivity contribution in [3.05, 3.63) is 118 Å². The summed E-state index contributed by atoms with van der Waals surface area (Å²) < 4.78 is 21.2. The molecule has 3 aromatic carbocycles. The zero-order valence-corrected chi connectivity index (χ0v) is 37.6. The van der Waals surface area contributed by atoms with E-state index in [0.29, 0.717) is 59.4 Å². The average molecular weight is 851 g/mol. The van der Waals surface area contributed by atoms with Crippen molar-refractivity contribution in [2.45, 2.75) is 85.2 Å². The van der Waals surface area contributed by atoms with Crippen LogP contribution < -0.4 is 5.32 Å². The van der Waals surface area contributed by atoms with E-state index in [-0.39, 0.29) is 0 Å². The molecule has 4 aromatic rings. The van der Waals surface area contributed by atoms with Crippen LogP contribution in [0.4, 0.5) is 11.6 Å². The van der Waals surface area contributed by atoms with Crippen LogP contribution in [0, 0.1) is 46.3 Å². The molecular weight excluding hydrogens is 797 g/mol. The van der Waals surface area contributed by atoms with Crippen molar-refractivity contribution in [3.63, 3.8) is 0 Å². The third-order valence-corrected chi connectivity index (χ3v) is 21.0. The fraction of sp³-hybridized carbons (Fsp3) is 0.442. The average Bonchev–Trinajstić information content (AvgIpc) is 4.03. The summed E-state index contributed by atoms with van der Waals surface area (Å²) in [6, 6.07) is 25.9. The fourth-order valence-electron chi connectivity index (χ4n) is 14.0. The third kappa shape index (κ3) is 4.99. The molecule has 318 valence electrons. The Balaban J connectivity index is 1.09. The summed E-state index contributed by atoms with van der Waals surface area (Å²) in [7, 11) is -4.09. The van der Waals surface area contributed by atoms with Crippen LogP contribution in [0.3, 0.4) is 0 Å². The fourth-order valence-corrected chi connectivity index (χ4v) is 17.5. The first-order chi connectivity index (χ1) is 30.7. The van der Waals surface area contributed by atoms with Crippen molar-refractivity contribution >= 4 is 60.5 Å². The molecule has 1 N–H and O–H groups in total. The van der Waals surface area contributed by atoms with Gasteiger partial charge in [-0.2, -0.15) is 0 Å². The van der Waals surface area contributed by atoms with Gasteiger partial charge < -0.3 is 14.2 Å². The van der Waals surface area contributed by atoms with Gasteiger partial charge in [-0.3, -0.25) is 8.80 Å². The molecule has 16 rings (SSSR count). The molecule has 11 heteroatoms. The summed E-state index contributed by atoms with van der Waals surface area (Å²) in [6.07, 6.45) is 13.2. The Morgan fingerprint density at radius 3 is 1.95 bits per heavy atom. The van der Waals surface area contributed by atoms with Crippen LogP contribution in [-0.4, -0.2) is 60.1 Å². The van der Waals surface area contributed by atoms with Crippen LogP contribution in [-0.2, 0) is 8.85 Å². The lowest BCUT2D eigenvalue weighted by Crippen LogP contribution is -2.68. The SMILES string of the molecule is CC1(C)C2CCC(CO[Si]3(OCC4CCC5CC4C5(C)C)N4C5=NC6=NC(=Nc7c8ccccc8c(n73)N=C3N=C(NC4c4ccccc45)c4ccccc43)C3=C6C=CCC3)C1C2. The first-order valence-electron chi connectivity index (χ1n) is 23.7. The lowest BCUT2D eigenvalue weighted by atomic mass is 9.46. The predicted molar refractivity (Wildman–Crippen MR) is 251 cm³/mol. The molecule has 0 spiro atoms. The minimum Gasteiger partial charge on any atom is -0.361 e. The topological polar surface area (TPSA) is 100 Å². The number of amidine groups is 5. The van der Waals surface area contributed by atoms with E-state index in [2.05, 4.69) is 127 Å². The highest BCUT2D eigenvalue weighted by molar-refractivity contribution is 6.68. The number of aliphatic imine (C=N–C) groups is 5. The molecule has 7 unspecified atom stereocenters. The molecule has 7 aliphatic carbocycles. The van der Waals surface area contributed by atoms with Gasteiger partial charge >= 0.3 is 8.88 Å². The van der Waals surface area contributed by atoms with Crippen molar-refractivity contribution in [2.75, 3.05) is 13.2 Å². The van der Waals surface area contributed by atoms with Crippen LogP contribution >= 0.6 is 0 Å². The van der Waals surface area contributed by atoms with Gasteiger partial charge in [0.15, 0.2) is 17.5 Å². The Labute approximate surface area is 370 Å². The Hall–Kier alpha value is -5.23. The Bertz CT molecular complexity index is 2880. The maximum absolute atomic E-state index is 8.18. The molecule has 10 nitrogen and oxygen atoms in total. The van der Waals surface area contributed by atoms with Crippen molar-refractivity contribution in [1.82, 2.24) is 14.1 Å². The van der Waals surface area contributed by atoms with E-state index in [4.69, 9.17) is 33.8 Å². The van der Waals surface area contributed by atoms with Gasteiger partial charge in [-0.05, 0) is 97.7 Å². The first kappa shape index (κ1) is 37.2. The lowest BCUT2D eigenvalue weighted by Gasteiger charge is -2.61. The maximum Gasteiger partial charge on any atom is 0.599 e. The van der Waals surface area contributed by atoms with Gasteiger partial charge in [0.25, 0.3) is 0 Å². The van der Waals surface area contributed by atoms with E-state index in [9.17, 15) is 0 Å². The number of nitrogens with one attached hydrogen (secondary N) is 1. The monoisotopic (exact) mass is 850 g/mol. The molecule has 6 heterocycles. The molecule has 0 radical (unpaired) electrons. The predicted octanol–water partition coefficient (Wildman–Crippen LogP) is 10.4. The summed E-state index contributed by atoms with van der Waals surface area (Å²) in [5.41, 5.74) is 6.96. The molecule has 6 saturated carbocycles. The minimum absolute atomic E-state index is 0.295. The minimum atomic E-state index is -4.09. The molecule has 0 saturated heterocycles. The van der Waals surface area contributed by atoms with Crippen LogP contribution in [0.1, 0.15) is 107 Å². The molecule has 5 aliphatic heterocycles. The lowest BCUT2D eigenvalue weighted by molar-refractivity contribution is -0.125. The Morgan fingerprint density at radius 2 is 1.29 bits per heavy atom. The van der Waals surface area contributed by atoms with Crippen molar-refractivity contribution < 1.29 is 8.85 Å². The molecule has 0 amide bonds. The molecular formula is C52H54N8O2Si. The van der Waals surface area contributed by atoms with E-state index in [1.165, 1.54) is 25.7 Å². The van der Waals surface area contributed by atoms with E-state index in [1.54, 1.807) is 0 Å². The van der Waals surface area contributed by atoms with Gasteiger partial charge in [-0.25, -0.2) is 25.0 Å². The first-order valence-corrected chi connectivity index (χ1v) is 25.4. The number of aromatic nitrogens is 1. The quantitative estimate of drug-likeness (QED) is 0.195. The van der Waals surface area contributed by atoms with Crippen molar-refractivity contribution in [2.24, 2.45) is 71.3 Å². The number of benzene rings is 3. The molecule has 63 heavy (non-hydrogen) atoms. The van der Waals surface area contributed by atoms with E-state index >= 15 is 0 Å². The van der Waals surface area contributed by atoms with Crippen molar-refractivity contribution in [3.8, 4) is 0 Å². The van der Waals surface area contributed by atoms with Gasteiger partial charge in [-0.1, -0.05) is 113 Å². The second kappa shape index (κ2) is 12.9. The second-order valence-electron chi connectivity index (χ2n) is 21.2. The van der Waals surface area contributed by atoms with Crippen LogP contribution in [0.5, 0.6) is 0 Å². The van der Waals surface area contributed by atoms with Gasteiger partial charge in [0.05, 0.1) is 0 Å². The zero-order chi connectivity index (χ0) is 42.0. The summed E-state index contributed by atoms with van der Waals surface area (Å²) in [6.45, 7) is 11.1. The number of allylic oxidation sites excluding steroid dienone is 1. The summed E-state index contributed by atoms with van der Waals surface area (Å²) in [5.74, 6) is 8.82. The van der Waals surface area contributed by atoms with Gasteiger partial charge in [-0.15, -0.1) is 0 Å². The molecule has 10 bridgehead atoms. The smallest absolute Gasteiger partial charge is 0.361 e. The maximum atomic E-state index is 8.18. The van der Waals surface area contributed by atoms with Crippen LogP contribution in [0.2, 0.25) is 0 Å². The van der Waals surface area contributed by atoms with Gasteiger partial charge in [0, 0.05) is 57.4 Å². The molecule has 12 aliphatic rings. The number of fused-ring (bicyclic) bond motifs is 17.